The van der Waals surface area contributed by atoms with E-state index < -0.39 is 0 Å². The number of aromatic nitrogens is 2. The number of ether oxygens (including phenoxy) is 1. The molecule has 0 saturated carbocycles. The first-order chi connectivity index (χ1) is 8.69. The van der Waals surface area contributed by atoms with Crippen molar-refractivity contribution >= 4 is 46.5 Å². The van der Waals surface area contributed by atoms with Crippen LogP contribution in [0.3, 0.4) is 0 Å². The average Bonchev–Trinajstić information content (AvgIpc) is 2.79. The molecule has 7 heteroatoms. The van der Waals surface area contributed by atoms with E-state index in [9.17, 15) is 0 Å². The highest BCUT2D eigenvalue weighted by Gasteiger charge is 2.07. The van der Waals surface area contributed by atoms with Crippen LogP contribution in [0.15, 0.2) is 27.4 Å². The van der Waals surface area contributed by atoms with Crippen molar-refractivity contribution < 1.29 is 4.74 Å². The van der Waals surface area contributed by atoms with Crippen LogP contribution < -0.4 is 0 Å². The van der Waals surface area contributed by atoms with Gasteiger partial charge in [0.05, 0.1) is 16.7 Å². The van der Waals surface area contributed by atoms with Crippen LogP contribution in [-0.4, -0.2) is 23.1 Å². The number of nitrogens with zero attached hydrogens (tertiary/aromatic N) is 2. The molecule has 1 aromatic heterocycles. The molecule has 0 radical (unpaired) electrons. The molecule has 1 aromatic carbocycles. The number of halogens is 2. The van der Waals surface area contributed by atoms with E-state index in [4.69, 9.17) is 27.9 Å². The maximum Gasteiger partial charge on any atom is 0.174 e. The summed E-state index contributed by atoms with van der Waals surface area (Å²) in [5, 5.41) is 1.10. The van der Waals surface area contributed by atoms with Crippen molar-refractivity contribution in [2.24, 2.45) is 0 Å². The van der Waals surface area contributed by atoms with Crippen LogP contribution in [0.5, 0.6) is 0 Å². The Bertz CT molecular complexity index is 534. The number of methoxy groups -OCH3 is 1. The van der Waals surface area contributed by atoms with Gasteiger partial charge in [-0.15, -0.1) is 0 Å². The van der Waals surface area contributed by atoms with Crippen molar-refractivity contribution in [3.05, 3.63) is 34.1 Å². The molecule has 1 heterocycles. The van der Waals surface area contributed by atoms with Crippen LogP contribution in [0.2, 0.25) is 10.0 Å². The van der Waals surface area contributed by atoms with Gasteiger partial charge >= 0.3 is 0 Å². The molecule has 3 nitrogen and oxygen atoms in total. The highest BCUT2D eigenvalue weighted by Crippen LogP contribution is 2.33. The minimum absolute atomic E-state index is 0.547. The Hall–Kier alpha value is -0.330. The first kappa shape index (κ1) is 14.1. The standard InChI is InChI=1S/C11H10Cl2N2OS2/c1-16-5-4-10-14-11(18-15-10)17-7-2-3-8(12)9(13)6-7/h2-3,6H,4-5H2,1H3. The van der Waals surface area contributed by atoms with E-state index in [1.807, 2.05) is 12.1 Å². The lowest BCUT2D eigenvalue weighted by Gasteiger charge is -1.99. The van der Waals surface area contributed by atoms with Crippen molar-refractivity contribution in [3.8, 4) is 0 Å². The molecule has 0 amide bonds. The van der Waals surface area contributed by atoms with Gasteiger partial charge in [-0.05, 0) is 29.7 Å². The van der Waals surface area contributed by atoms with E-state index in [-0.39, 0.29) is 0 Å². The predicted octanol–water partition coefficient (Wildman–Crippen LogP) is 4.19. The second-order valence-electron chi connectivity index (χ2n) is 3.40. The number of benzene rings is 1. The van der Waals surface area contributed by atoms with E-state index >= 15 is 0 Å². The predicted molar refractivity (Wildman–Crippen MR) is 76.1 cm³/mol. The summed E-state index contributed by atoms with van der Waals surface area (Å²) in [5.41, 5.74) is 0. The monoisotopic (exact) mass is 320 g/mol. The zero-order valence-corrected chi connectivity index (χ0v) is 12.7. The fraction of sp³-hybridized carbons (Fsp3) is 0.273. The second kappa shape index (κ2) is 6.73. The summed E-state index contributed by atoms with van der Waals surface area (Å²) in [6.45, 7) is 0.633. The van der Waals surface area contributed by atoms with Crippen LogP contribution in [0.4, 0.5) is 0 Å². The molecule has 2 rings (SSSR count). The van der Waals surface area contributed by atoms with Gasteiger partial charge in [0.1, 0.15) is 5.82 Å². The number of rotatable bonds is 5. The van der Waals surface area contributed by atoms with E-state index in [0.29, 0.717) is 16.7 Å². The van der Waals surface area contributed by atoms with E-state index in [2.05, 4.69) is 9.36 Å². The van der Waals surface area contributed by atoms with Gasteiger partial charge in [-0.3, -0.25) is 0 Å². The summed E-state index contributed by atoms with van der Waals surface area (Å²) < 4.78 is 10.1. The Kier molecular flexibility index (Phi) is 5.26. The highest BCUT2D eigenvalue weighted by molar-refractivity contribution is 8.01. The molecule has 18 heavy (non-hydrogen) atoms. The van der Waals surface area contributed by atoms with Crippen LogP contribution >= 0.6 is 46.5 Å². The zero-order chi connectivity index (χ0) is 13.0. The highest BCUT2D eigenvalue weighted by atomic mass is 35.5. The molecule has 0 aliphatic rings. The van der Waals surface area contributed by atoms with Crippen molar-refractivity contribution in [3.63, 3.8) is 0 Å². The number of hydrogen-bond acceptors (Lipinski definition) is 5. The van der Waals surface area contributed by atoms with Crippen molar-refractivity contribution in [2.45, 2.75) is 15.7 Å². The van der Waals surface area contributed by atoms with Crippen molar-refractivity contribution in [1.82, 2.24) is 9.36 Å². The lowest BCUT2D eigenvalue weighted by molar-refractivity contribution is 0.200. The Morgan fingerprint density at radius 1 is 1.33 bits per heavy atom. The topological polar surface area (TPSA) is 35.0 Å². The lowest BCUT2D eigenvalue weighted by atomic mass is 10.4. The molecule has 0 spiro atoms. The quantitative estimate of drug-likeness (QED) is 0.827. The third-order valence-corrected chi connectivity index (χ3v) is 4.59. The molecule has 0 unspecified atom stereocenters. The summed E-state index contributed by atoms with van der Waals surface area (Å²) >= 11 is 14.7. The molecule has 0 atom stereocenters. The third kappa shape index (κ3) is 3.83. The molecule has 2 aromatic rings. The maximum absolute atomic E-state index is 5.96. The van der Waals surface area contributed by atoms with Gasteiger partial charge in [0.25, 0.3) is 0 Å². The molecule has 96 valence electrons. The largest absolute Gasteiger partial charge is 0.384 e. The molecule has 0 fully saturated rings. The second-order valence-corrected chi connectivity index (χ2v) is 6.28. The Morgan fingerprint density at radius 3 is 2.89 bits per heavy atom. The first-order valence-electron chi connectivity index (χ1n) is 5.13. The minimum Gasteiger partial charge on any atom is -0.384 e. The molecule has 0 bridgehead atoms. The van der Waals surface area contributed by atoms with Gasteiger partial charge in [0.15, 0.2) is 4.34 Å². The summed E-state index contributed by atoms with van der Waals surface area (Å²) in [6, 6.07) is 5.51. The van der Waals surface area contributed by atoms with Gasteiger partial charge in [-0.1, -0.05) is 35.0 Å². The van der Waals surface area contributed by atoms with Crippen LogP contribution in [-0.2, 0) is 11.2 Å². The zero-order valence-electron chi connectivity index (χ0n) is 9.52. The molecular weight excluding hydrogens is 311 g/mol. The van der Waals surface area contributed by atoms with Gasteiger partial charge in [-0.25, -0.2) is 4.98 Å². The normalized spacial score (nSPS) is 10.8. The summed E-state index contributed by atoms with van der Waals surface area (Å²) in [5.74, 6) is 0.810. The molecule has 0 aliphatic carbocycles. The smallest absolute Gasteiger partial charge is 0.174 e. The van der Waals surface area contributed by atoms with Gasteiger partial charge in [-0.2, -0.15) is 4.37 Å². The average molecular weight is 321 g/mol. The van der Waals surface area contributed by atoms with Crippen molar-refractivity contribution in [1.29, 1.82) is 0 Å². The van der Waals surface area contributed by atoms with Gasteiger partial charge in [0.2, 0.25) is 0 Å². The molecule has 0 N–H and O–H groups in total. The SMILES string of the molecule is COCCc1nsc(Sc2ccc(Cl)c(Cl)c2)n1. The maximum atomic E-state index is 5.96. The summed E-state index contributed by atoms with van der Waals surface area (Å²) in [7, 11) is 1.66. The third-order valence-electron chi connectivity index (χ3n) is 2.08. The first-order valence-corrected chi connectivity index (χ1v) is 7.48. The van der Waals surface area contributed by atoms with Crippen LogP contribution in [0.25, 0.3) is 0 Å². The molecule has 0 aliphatic heterocycles. The Morgan fingerprint density at radius 2 is 2.17 bits per heavy atom. The fourth-order valence-electron chi connectivity index (χ4n) is 1.22. The van der Waals surface area contributed by atoms with E-state index in [1.54, 1.807) is 13.2 Å². The van der Waals surface area contributed by atoms with Gasteiger partial charge < -0.3 is 4.74 Å². The molecular formula is C11H10Cl2N2OS2. The Labute approximate surface area is 124 Å². The summed E-state index contributed by atoms with van der Waals surface area (Å²) in [4.78, 5) is 5.41. The minimum atomic E-state index is 0.547. The van der Waals surface area contributed by atoms with E-state index in [0.717, 1.165) is 21.5 Å². The lowest BCUT2D eigenvalue weighted by Crippen LogP contribution is -1.95. The van der Waals surface area contributed by atoms with Crippen molar-refractivity contribution in [2.75, 3.05) is 13.7 Å². The number of hydrogen-bond donors (Lipinski definition) is 0. The van der Waals surface area contributed by atoms with Crippen LogP contribution in [0.1, 0.15) is 5.82 Å². The molecule has 0 saturated heterocycles. The van der Waals surface area contributed by atoms with Crippen LogP contribution in [0, 0.1) is 0 Å². The summed E-state index contributed by atoms with van der Waals surface area (Å²) in [6.07, 6.45) is 0.731. The Balaban J connectivity index is 2.04. The van der Waals surface area contributed by atoms with E-state index in [1.165, 1.54) is 23.3 Å². The van der Waals surface area contributed by atoms with Gasteiger partial charge in [0, 0.05) is 18.4 Å². The fourth-order valence-corrected chi connectivity index (χ4v) is 3.26.